The Morgan fingerprint density at radius 3 is 2.42 bits per heavy atom. The molecule has 5 rings (SSSR count). The van der Waals surface area contributed by atoms with Gasteiger partial charge in [-0.3, -0.25) is 14.6 Å². The monoisotopic (exact) mass is 514 g/mol. The zero-order valence-electron chi connectivity index (χ0n) is 20.8. The first-order valence-electron chi connectivity index (χ1n) is 12.6. The van der Waals surface area contributed by atoms with Crippen molar-refractivity contribution in [1.29, 1.82) is 0 Å². The molecule has 9 nitrogen and oxygen atoms in total. The molecule has 1 fully saturated rings. The van der Waals surface area contributed by atoms with Crippen LogP contribution in [0.1, 0.15) is 35.3 Å². The number of unbranched alkanes of at least 4 members (excludes halogenated alkanes) is 1. The Bertz CT molecular complexity index is 1440. The molecule has 194 valence electrons. The van der Waals surface area contributed by atoms with E-state index < -0.39 is 5.97 Å². The third-order valence-corrected chi connectivity index (χ3v) is 6.60. The number of carbonyl (C=O) groups is 2. The van der Waals surface area contributed by atoms with E-state index in [-0.39, 0.29) is 18.1 Å². The van der Waals surface area contributed by atoms with Gasteiger partial charge in [0.15, 0.2) is 0 Å². The van der Waals surface area contributed by atoms with E-state index in [1.54, 1.807) is 48.9 Å². The summed E-state index contributed by atoms with van der Waals surface area (Å²) in [5.41, 5.74) is 3.81. The Labute approximate surface area is 219 Å². The van der Waals surface area contributed by atoms with E-state index in [2.05, 4.69) is 14.9 Å². The molecule has 3 heterocycles. The van der Waals surface area contributed by atoms with Gasteiger partial charge in [-0.25, -0.2) is 19.3 Å². The molecule has 1 aliphatic heterocycles. The van der Waals surface area contributed by atoms with Crippen LogP contribution in [0.25, 0.3) is 22.3 Å². The molecule has 0 saturated carbocycles. The minimum absolute atomic E-state index is 0.0712. The second-order valence-electron chi connectivity index (χ2n) is 9.17. The molecule has 1 saturated heterocycles. The van der Waals surface area contributed by atoms with Crippen LogP contribution in [-0.4, -0.2) is 68.0 Å². The molecule has 2 aromatic carbocycles. The van der Waals surface area contributed by atoms with E-state index in [9.17, 15) is 14.0 Å². The van der Waals surface area contributed by atoms with E-state index >= 15 is 0 Å². The lowest BCUT2D eigenvalue weighted by atomic mass is 10.0. The van der Waals surface area contributed by atoms with Crippen molar-refractivity contribution in [3.63, 3.8) is 0 Å². The van der Waals surface area contributed by atoms with Crippen LogP contribution in [0.2, 0.25) is 0 Å². The molecule has 0 aliphatic carbocycles. The normalized spacial score (nSPS) is 13.6. The molecule has 0 spiro atoms. The summed E-state index contributed by atoms with van der Waals surface area (Å²) in [4.78, 5) is 46.2. The highest BCUT2D eigenvalue weighted by molar-refractivity contribution is 5.97. The van der Waals surface area contributed by atoms with Gasteiger partial charge in [0.25, 0.3) is 5.91 Å². The zero-order chi connectivity index (χ0) is 26.5. The fraction of sp³-hybridized carbons (Fsp3) is 0.286. The maximum atomic E-state index is 13.5. The summed E-state index contributed by atoms with van der Waals surface area (Å²) < 4.78 is 13.5. The predicted molar refractivity (Wildman–Crippen MR) is 140 cm³/mol. The van der Waals surface area contributed by atoms with Crippen LogP contribution in [0.15, 0.2) is 61.1 Å². The fourth-order valence-electron chi connectivity index (χ4n) is 4.58. The van der Waals surface area contributed by atoms with Crippen molar-refractivity contribution < 1.29 is 19.1 Å². The SMILES string of the molecule is O=C(O)CCCCc1nc2cc(C(=O)N3CCN(c4cnccn4)CC3)ccc2nc1-c1ccc(F)cc1. The van der Waals surface area contributed by atoms with Gasteiger partial charge in [0.1, 0.15) is 11.6 Å². The van der Waals surface area contributed by atoms with E-state index in [0.717, 1.165) is 11.4 Å². The third kappa shape index (κ3) is 5.74. The van der Waals surface area contributed by atoms with E-state index in [1.807, 2.05) is 4.90 Å². The fourth-order valence-corrected chi connectivity index (χ4v) is 4.58. The number of amides is 1. The number of hydrogen-bond donors (Lipinski definition) is 1. The van der Waals surface area contributed by atoms with Crippen LogP contribution >= 0.6 is 0 Å². The number of rotatable bonds is 8. The summed E-state index contributed by atoms with van der Waals surface area (Å²) in [5.74, 6) is -0.452. The second kappa shape index (κ2) is 11.3. The summed E-state index contributed by atoms with van der Waals surface area (Å²) in [5, 5.41) is 8.97. The van der Waals surface area contributed by atoms with Crippen LogP contribution in [0.3, 0.4) is 0 Å². The Morgan fingerprint density at radius 1 is 0.921 bits per heavy atom. The molecule has 38 heavy (non-hydrogen) atoms. The molecule has 1 N–H and O–H groups in total. The minimum atomic E-state index is -0.839. The van der Waals surface area contributed by atoms with Crippen molar-refractivity contribution in [3.05, 3.63) is 78.1 Å². The van der Waals surface area contributed by atoms with Gasteiger partial charge < -0.3 is 14.9 Å². The number of aryl methyl sites for hydroxylation is 1. The highest BCUT2D eigenvalue weighted by Crippen LogP contribution is 2.26. The minimum Gasteiger partial charge on any atom is -0.481 e. The number of halogens is 1. The summed E-state index contributed by atoms with van der Waals surface area (Å²) in [6, 6.07) is 11.4. The Morgan fingerprint density at radius 2 is 1.71 bits per heavy atom. The van der Waals surface area contributed by atoms with Crippen molar-refractivity contribution >= 4 is 28.7 Å². The quantitative estimate of drug-likeness (QED) is 0.351. The van der Waals surface area contributed by atoms with Crippen LogP contribution < -0.4 is 4.90 Å². The van der Waals surface area contributed by atoms with Crippen molar-refractivity contribution in [2.45, 2.75) is 25.7 Å². The summed E-state index contributed by atoms with van der Waals surface area (Å²) in [7, 11) is 0. The number of hydrogen-bond acceptors (Lipinski definition) is 7. The maximum absolute atomic E-state index is 13.5. The lowest BCUT2D eigenvalue weighted by molar-refractivity contribution is -0.137. The molecule has 0 radical (unpaired) electrons. The van der Waals surface area contributed by atoms with Crippen molar-refractivity contribution in [2.75, 3.05) is 31.1 Å². The average Bonchev–Trinajstić information content (AvgIpc) is 2.95. The van der Waals surface area contributed by atoms with Crippen molar-refractivity contribution in [2.24, 2.45) is 0 Å². The van der Waals surface area contributed by atoms with Gasteiger partial charge in [0, 0.05) is 56.1 Å². The van der Waals surface area contributed by atoms with E-state index in [0.29, 0.717) is 73.4 Å². The highest BCUT2D eigenvalue weighted by atomic mass is 19.1. The van der Waals surface area contributed by atoms with Crippen LogP contribution in [0, 0.1) is 5.82 Å². The van der Waals surface area contributed by atoms with Gasteiger partial charge in [-0.1, -0.05) is 0 Å². The molecular weight excluding hydrogens is 487 g/mol. The first-order chi connectivity index (χ1) is 18.5. The number of carboxylic acids is 1. The van der Waals surface area contributed by atoms with Crippen molar-refractivity contribution in [1.82, 2.24) is 24.8 Å². The number of piperazine rings is 1. The van der Waals surface area contributed by atoms with Gasteiger partial charge in [0.2, 0.25) is 0 Å². The van der Waals surface area contributed by atoms with Gasteiger partial charge in [-0.2, -0.15) is 0 Å². The molecule has 4 aromatic rings. The Kier molecular flexibility index (Phi) is 7.48. The molecule has 0 unspecified atom stereocenters. The highest BCUT2D eigenvalue weighted by Gasteiger charge is 2.23. The van der Waals surface area contributed by atoms with Gasteiger partial charge in [-0.15, -0.1) is 0 Å². The molecule has 0 atom stereocenters. The van der Waals surface area contributed by atoms with E-state index in [4.69, 9.17) is 15.1 Å². The van der Waals surface area contributed by atoms with Gasteiger partial charge in [-0.05, 0) is 61.7 Å². The number of carboxylic acid groups (broad SMARTS) is 1. The summed E-state index contributed by atoms with van der Waals surface area (Å²) >= 11 is 0. The smallest absolute Gasteiger partial charge is 0.303 e. The topological polar surface area (TPSA) is 112 Å². The molecule has 1 amide bonds. The third-order valence-electron chi connectivity index (χ3n) is 6.60. The number of nitrogens with zero attached hydrogens (tertiary/aromatic N) is 6. The van der Waals surface area contributed by atoms with Crippen LogP contribution in [-0.2, 0) is 11.2 Å². The van der Waals surface area contributed by atoms with Crippen molar-refractivity contribution in [3.8, 4) is 11.3 Å². The predicted octanol–water partition coefficient (Wildman–Crippen LogP) is 3.99. The lowest BCUT2D eigenvalue weighted by Gasteiger charge is -2.35. The number of fused-ring (bicyclic) bond motifs is 1. The number of aliphatic carboxylic acids is 1. The zero-order valence-corrected chi connectivity index (χ0v) is 20.8. The standard InChI is InChI=1S/C28H27FN6O3/c29-21-8-5-19(6-9-21)27-23(3-1-2-4-26(36)37)32-24-17-20(7-10-22(24)33-27)28(38)35-15-13-34(14-16-35)25-18-30-11-12-31-25/h5-12,17-18H,1-4,13-16H2,(H,36,37). The second-order valence-corrected chi connectivity index (χ2v) is 9.17. The average molecular weight is 515 g/mol. The molecule has 0 bridgehead atoms. The Hall–Kier alpha value is -4.47. The first-order valence-corrected chi connectivity index (χ1v) is 12.6. The summed E-state index contributed by atoms with van der Waals surface area (Å²) in [6.07, 6.45) is 6.74. The number of carbonyl (C=O) groups excluding carboxylic acids is 1. The van der Waals surface area contributed by atoms with E-state index in [1.165, 1.54) is 12.1 Å². The van der Waals surface area contributed by atoms with Gasteiger partial charge >= 0.3 is 5.97 Å². The molecular formula is C28H27FN6O3. The molecule has 10 heteroatoms. The number of anilines is 1. The number of aromatic nitrogens is 4. The largest absolute Gasteiger partial charge is 0.481 e. The molecule has 2 aromatic heterocycles. The summed E-state index contributed by atoms with van der Waals surface area (Å²) in [6.45, 7) is 2.47. The van der Waals surface area contributed by atoms with Gasteiger partial charge in [0.05, 0.1) is 28.6 Å². The number of benzene rings is 2. The molecule has 1 aliphatic rings. The maximum Gasteiger partial charge on any atom is 0.303 e. The first kappa shape index (κ1) is 25.2. The lowest BCUT2D eigenvalue weighted by Crippen LogP contribution is -2.49. The van der Waals surface area contributed by atoms with Crippen LogP contribution in [0.5, 0.6) is 0 Å². The van der Waals surface area contributed by atoms with Crippen LogP contribution in [0.4, 0.5) is 10.2 Å². The Balaban J connectivity index is 1.37.